The summed E-state index contributed by atoms with van der Waals surface area (Å²) in [4.78, 5) is 17.4. The number of hydrogen-bond acceptors (Lipinski definition) is 5. The standard InChI is InChI=1S/C13H14N2O3S/c1-7-8(2)19-13(14-7)15-12(17)11-9(16)5-4-6-10(11)18-3/h4-6,16H,1-3H3,(H,14,15,17). The number of anilines is 1. The van der Waals surface area contributed by atoms with E-state index in [1.54, 1.807) is 12.1 Å². The molecule has 0 atom stereocenters. The average Bonchev–Trinajstić information content (AvgIpc) is 2.67. The zero-order valence-electron chi connectivity index (χ0n) is 10.9. The molecule has 2 N–H and O–H groups in total. The Morgan fingerprint density at radius 3 is 2.74 bits per heavy atom. The fourth-order valence-corrected chi connectivity index (χ4v) is 2.41. The molecule has 19 heavy (non-hydrogen) atoms. The van der Waals surface area contributed by atoms with Gasteiger partial charge in [0.25, 0.3) is 5.91 Å². The van der Waals surface area contributed by atoms with Gasteiger partial charge in [-0.2, -0.15) is 0 Å². The number of aryl methyl sites for hydroxylation is 2. The maximum Gasteiger partial charge on any atom is 0.265 e. The minimum absolute atomic E-state index is 0.107. The van der Waals surface area contributed by atoms with Crippen molar-refractivity contribution in [3.05, 3.63) is 34.3 Å². The van der Waals surface area contributed by atoms with Gasteiger partial charge in [-0.1, -0.05) is 6.07 Å². The Morgan fingerprint density at radius 1 is 1.42 bits per heavy atom. The van der Waals surface area contributed by atoms with Crippen LogP contribution in [0.1, 0.15) is 20.9 Å². The molecule has 2 aromatic rings. The summed E-state index contributed by atoms with van der Waals surface area (Å²) in [5, 5.41) is 12.9. The molecule has 6 heteroatoms. The van der Waals surface area contributed by atoms with Gasteiger partial charge in [0.05, 0.1) is 12.8 Å². The fourth-order valence-electron chi connectivity index (χ4n) is 1.60. The molecule has 0 radical (unpaired) electrons. The van der Waals surface area contributed by atoms with Gasteiger partial charge in [-0.15, -0.1) is 11.3 Å². The number of aromatic hydroxyl groups is 1. The monoisotopic (exact) mass is 278 g/mol. The molecule has 1 amide bonds. The molecule has 1 aromatic heterocycles. The molecule has 1 heterocycles. The summed E-state index contributed by atoms with van der Waals surface area (Å²) in [6, 6.07) is 4.67. The summed E-state index contributed by atoms with van der Waals surface area (Å²) >= 11 is 1.39. The molecule has 1 aromatic carbocycles. The number of nitrogens with zero attached hydrogens (tertiary/aromatic N) is 1. The van der Waals surface area contributed by atoms with Crippen molar-refractivity contribution in [1.29, 1.82) is 0 Å². The molecule has 0 saturated heterocycles. The molecule has 0 unspecified atom stereocenters. The zero-order chi connectivity index (χ0) is 14.0. The summed E-state index contributed by atoms with van der Waals surface area (Å²) in [5.74, 6) is -0.243. The van der Waals surface area contributed by atoms with Crippen molar-refractivity contribution in [3.8, 4) is 11.5 Å². The SMILES string of the molecule is COc1cccc(O)c1C(=O)Nc1nc(C)c(C)s1. The molecule has 100 valence electrons. The van der Waals surface area contributed by atoms with Gasteiger partial charge in [-0.3, -0.25) is 10.1 Å². The lowest BCUT2D eigenvalue weighted by atomic mass is 10.1. The van der Waals surface area contributed by atoms with Crippen LogP contribution < -0.4 is 10.1 Å². The third-order valence-corrected chi connectivity index (χ3v) is 3.69. The van der Waals surface area contributed by atoms with Crippen molar-refractivity contribution < 1.29 is 14.6 Å². The van der Waals surface area contributed by atoms with Gasteiger partial charge in [-0.05, 0) is 26.0 Å². The lowest BCUT2D eigenvalue weighted by Gasteiger charge is -2.09. The van der Waals surface area contributed by atoms with Crippen LogP contribution in [0.4, 0.5) is 5.13 Å². The number of phenols is 1. The largest absolute Gasteiger partial charge is 0.507 e. The second kappa shape index (κ2) is 5.27. The first-order valence-electron chi connectivity index (χ1n) is 5.64. The van der Waals surface area contributed by atoms with Gasteiger partial charge >= 0.3 is 0 Å². The van der Waals surface area contributed by atoms with Crippen LogP contribution in [-0.2, 0) is 0 Å². The number of rotatable bonds is 3. The van der Waals surface area contributed by atoms with Gasteiger partial charge in [0.1, 0.15) is 17.1 Å². The zero-order valence-corrected chi connectivity index (χ0v) is 11.7. The first-order chi connectivity index (χ1) is 9.02. The van der Waals surface area contributed by atoms with E-state index in [9.17, 15) is 9.90 Å². The van der Waals surface area contributed by atoms with Crippen molar-refractivity contribution >= 4 is 22.4 Å². The number of carbonyl (C=O) groups is 1. The molecule has 0 fully saturated rings. The summed E-state index contributed by atoms with van der Waals surface area (Å²) in [6.45, 7) is 3.81. The van der Waals surface area contributed by atoms with Gasteiger partial charge < -0.3 is 9.84 Å². The molecular weight excluding hydrogens is 264 g/mol. The fraction of sp³-hybridized carbons (Fsp3) is 0.231. The summed E-state index contributed by atoms with van der Waals surface area (Å²) in [5.41, 5.74) is 0.986. The minimum Gasteiger partial charge on any atom is -0.507 e. The van der Waals surface area contributed by atoms with Crippen LogP contribution >= 0.6 is 11.3 Å². The molecule has 2 rings (SSSR count). The maximum atomic E-state index is 12.2. The van der Waals surface area contributed by atoms with E-state index in [2.05, 4.69) is 10.3 Å². The number of carbonyl (C=O) groups excluding carboxylic acids is 1. The van der Waals surface area contributed by atoms with E-state index in [4.69, 9.17) is 4.74 Å². The van der Waals surface area contributed by atoms with Crippen molar-refractivity contribution in [3.63, 3.8) is 0 Å². The smallest absolute Gasteiger partial charge is 0.265 e. The van der Waals surface area contributed by atoms with Crippen LogP contribution in [0, 0.1) is 13.8 Å². The van der Waals surface area contributed by atoms with E-state index in [-0.39, 0.29) is 11.3 Å². The third-order valence-electron chi connectivity index (χ3n) is 2.70. The normalized spacial score (nSPS) is 10.3. The predicted molar refractivity (Wildman–Crippen MR) is 74.2 cm³/mol. The van der Waals surface area contributed by atoms with Gasteiger partial charge in [-0.25, -0.2) is 4.98 Å². The van der Waals surface area contributed by atoms with Crippen molar-refractivity contribution in [2.75, 3.05) is 12.4 Å². The van der Waals surface area contributed by atoms with Gasteiger partial charge in [0.2, 0.25) is 0 Å². The minimum atomic E-state index is -0.441. The Balaban J connectivity index is 2.30. The molecule has 0 saturated carbocycles. The Labute approximate surface area is 114 Å². The highest BCUT2D eigenvalue weighted by Gasteiger charge is 2.18. The Hall–Kier alpha value is -2.08. The first-order valence-corrected chi connectivity index (χ1v) is 6.46. The average molecular weight is 278 g/mol. The lowest BCUT2D eigenvalue weighted by molar-refractivity contribution is 0.102. The Morgan fingerprint density at radius 2 is 2.16 bits per heavy atom. The summed E-state index contributed by atoms with van der Waals surface area (Å²) in [6.07, 6.45) is 0. The van der Waals surface area contributed by atoms with E-state index in [1.807, 2.05) is 13.8 Å². The third kappa shape index (κ3) is 2.68. The van der Waals surface area contributed by atoms with Gasteiger partial charge in [0.15, 0.2) is 5.13 Å². The number of hydrogen-bond donors (Lipinski definition) is 2. The molecule has 0 spiro atoms. The molecule has 5 nitrogen and oxygen atoms in total. The number of nitrogens with one attached hydrogen (secondary N) is 1. The topological polar surface area (TPSA) is 71.5 Å². The second-order valence-electron chi connectivity index (χ2n) is 3.97. The van der Waals surface area contributed by atoms with Crippen LogP contribution in [0.2, 0.25) is 0 Å². The van der Waals surface area contributed by atoms with Crippen LogP contribution in [0.3, 0.4) is 0 Å². The highest BCUT2D eigenvalue weighted by atomic mass is 32.1. The summed E-state index contributed by atoms with van der Waals surface area (Å²) < 4.78 is 5.08. The number of thiazole rings is 1. The molecule has 0 bridgehead atoms. The van der Waals surface area contributed by atoms with Crippen molar-refractivity contribution in [1.82, 2.24) is 4.98 Å². The molecule has 0 aliphatic carbocycles. The predicted octanol–water partition coefficient (Wildman–Crippen LogP) is 2.73. The van der Waals surface area contributed by atoms with E-state index in [1.165, 1.54) is 24.5 Å². The van der Waals surface area contributed by atoms with E-state index in [0.29, 0.717) is 10.9 Å². The Kier molecular flexibility index (Phi) is 3.71. The number of amides is 1. The van der Waals surface area contributed by atoms with E-state index in [0.717, 1.165) is 10.6 Å². The van der Waals surface area contributed by atoms with E-state index >= 15 is 0 Å². The quantitative estimate of drug-likeness (QED) is 0.905. The van der Waals surface area contributed by atoms with Crippen LogP contribution in [-0.4, -0.2) is 23.1 Å². The number of methoxy groups -OCH3 is 1. The molecular formula is C13H14N2O3S. The number of phenolic OH excluding ortho intramolecular Hbond substituents is 1. The van der Waals surface area contributed by atoms with Gasteiger partial charge in [0, 0.05) is 4.88 Å². The lowest BCUT2D eigenvalue weighted by Crippen LogP contribution is -2.13. The van der Waals surface area contributed by atoms with Crippen LogP contribution in [0.25, 0.3) is 0 Å². The van der Waals surface area contributed by atoms with Crippen LogP contribution in [0.15, 0.2) is 18.2 Å². The Bertz CT molecular complexity index is 603. The second-order valence-corrected chi connectivity index (χ2v) is 5.17. The van der Waals surface area contributed by atoms with Crippen molar-refractivity contribution in [2.45, 2.75) is 13.8 Å². The highest BCUT2D eigenvalue weighted by molar-refractivity contribution is 7.15. The number of benzene rings is 1. The number of ether oxygens (including phenoxy) is 1. The van der Waals surface area contributed by atoms with Crippen LogP contribution in [0.5, 0.6) is 11.5 Å². The highest BCUT2D eigenvalue weighted by Crippen LogP contribution is 2.29. The van der Waals surface area contributed by atoms with Crippen molar-refractivity contribution in [2.24, 2.45) is 0 Å². The number of aromatic nitrogens is 1. The molecule has 0 aliphatic heterocycles. The first kappa shape index (κ1) is 13.4. The maximum absolute atomic E-state index is 12.2. The summed E-state index contributed by atoms with van der Waals surface area (Å²) in [7, 11) is 1.45. The van der Waals surface area contributed by atoms with E-state index < -0.39 is 5.91 Å². The molecule has 0 aliphatic rings.